The molecule has 1 atom stereocenters. The highest BCUT2D eigenvalue weighted by molar-refractivity contribution is 4.49. The number of alkyl halides is 3. The molecule has 0 aliphatic heterocycles. The van der Waals surface area contributed by atoms with Gasteiger partial charge in [0, 0.05) is 0 Å². The fourth-order valence-electron chi connectivity index (χ4n) is 0.314. The lowest BCUT2D eigenvalue weighted by Crippen LogP contribution is -2.29. The van der Waals surface area contributed by atoms with Crippen molar-refractivity contribution >= 4 is 0 Å². The molecule has 0 aromatic rings. The molecule has 0 radical (unpaired) electrons. The highest BCUT2D eigenvalue weighted by Gasteiger charge is 2.32. The monoisotopic (exact) mass is 158 g/mol. The van der Waals surface area contributed by atoms with Gasteiger partial charge in [0.1, 0.15) is 0 Å². The molecule has 0 aromatic heterocycles. The fraction of sp³-hybridized carbons (Fsp3) is 1.00. The molecule has 62 valence electrons. The largest absolute Gasteiger partial charge is 0.386 e. The molecule has 0 aromatic carbocycles. The third kappa shape index (κ3) is 3.68. The van der Waals surface area contributed by atoms with E-state index < -0.39 is 19.1 Å². The van der Waals surface area contributed by atoms with Crippen LogP contribution in [0.1, 0.15) is 13.3 Å². The Hall–Kier alpha value is -0.290. The van der Waals surface area contributed by atoms with Crippen LogP contribution in [-0.4, -0.2) is 24.2 Å². The zero-order valence-electron chi connectivity index (χ0n) is 5.48. The normalized spacial score (nSPS) is 15.3. The van der Waals surface area contributed by atoms with Gasteiger partial charge in [-0.2, -0.15) is 8.78 Å². The van der Waals surface area contributed by atoms with E-state index in [0.29, 0.717) is 0 Å². The highest BCUT2D eigenvalue weighted by Crippen LogP contribution is 2.17. The quantitative estimate of drug-likeness (QED) is 0.625. The minimum absolute atomic E-state index is 0.00951. The first kappa shape index (κ1) is 9.71. The smallest absolute Gasteiger partial charge is 0.368 e. The molecule has 0 fully saturated rings. The van der Waals surface area contributed by atoms with Gasteiger partial charge in [0.25, 0.3) is 0 Å². The van der Waals surface area contributed by atoms with Gasteiger partial charge in [-0.15, -0.1) is 0 Å². The Kier molecular flexibility index (Phi) is 3.67. The van der Waals surface area contributed by atoms with Crippen molar-refractivity contribution in [3.63, 3.8) is 0 Å². The van der Waals surface area contributed by atoms with E-state index in [1.54, 1.807) is 0 Å². The van der Waals surface area contributed by atoms with E-state index in [1.165, 1.54) is 6.92 Å². The van der Waals surface area contributed by atoms with Crippen molar-refractivity contribution in [2.45, 2.75) is 25.7 Å². The zero-order valence-corrected chi connectivity index (χ0v) is 5.48. The SMILES string of the molecule is CCC(O)OC(F)(F)CF. The molecular formula is C5H9F3O2. The summed E-state index contributed by atoms with van der Waals surface area (Å²) in [5.41, 5.74) is 0. The second-order valence-electron chi connectivity index (χ2n) is 1.75. The molecule has 10 heavy (non-hydrogen) atoms. The van der Waals surface area contributed by atoms with Crippen LogP contribution in [-0.2, 0) is 4.74 Å². The number of rotatable bonds is 4. The summed E-state index contributed by atoms with van der Waals surface area (Å²) in [6.07, 6.45) is -5.43. The topological polar surface area (TPSA) is 29.5 Å². The first-order valence-corrected chi connectivity index (χ1v) is 2.81. The highest BCUT2D eigenvalue weighted by atomic mass is 19.3. The minimum Gasteiger partial charge on any atom is -0.368 e. The number of ether oxygens (including phenoxy) is 1. The van der Waals surface area contributed by atoms with Gasteiger partial charge in [-0.25, -0.2) is 4.39 Å². The van der Waals surface area contributed by atoms with Crippen molar-refractivity contribution in [2.75, 3.05) is 6.67 Å². The maximum atomic E-state index is 11.8. The first-order valence-electron chi connectivity index (χ1n) is 2.81. The third-order valence-corrected chi connectivity index (χ3v) is 0.813. The molecule has 0 aliphatic rings. The van der Waals surface area contributed by atoms with Crippen LogP contribution in [0.3, 0.4) is 0 Å². The van der Waals surface area contributed by atoms with Crippen LogP contribution >= 0.6 is 0 Å². The Morgan fingerprint density at radius 1 is 1.60 bits per heavy atom. The van der Waals surface area contributed by atoms with Crippen molar-refractivity contribution in [1.82, 2.24) is 0 Å². The molecule has 0 aliphatic carbocycles. The molecule has 0 spiro atoms. The summed E-state index contributed by atoms with van der Waals surface area (Å²) in [5, 5.41) is 8.46. The van der Waals surface area contributed by atoms with Gasteiger partial charge < -0.3 is 5.11 Å². The second kappa shape index (κ2) is 3.78. The maximum absolute atomic E-state index is 11.8. The Bertz CT molecular complexity index is 96.9. The van der Waals surface area contributed by atoms with E-state index in [-0.39, 0.29) is 6.42 Å². The molecule has 0 heterocycles. The molecule has 1 unspecified atom stereocenters. The first-order chi connectivity index (χ1) is 4.52. The molecule has 0 saturated carbocycles. The fourth-order valence-corrected chi connectivity index (χ4v) is 0.314. The summed E-state index contributed by atoms with van der Waals surface area (Å²) in [6.45, 7) is -0.469. The van der Waals surface area contributed by atoms with Crippen LogP contribution in [0.2, 0.25) is 0 Å². The molecule has 0 rings (SSSR count). The van der Waals surface area contributed by atoms with Crippen molar-refractivity contribution in [1.29, 1.82) is 0 Å². The van der Waals surface area contributed by atoms with Crippen LogP contribution in [0.25, 0.3) is 0 Å². The van der Waals surface area contributed by atoms with E-state index in [0.717, 1.165) is 0 Å². The Balaban J connectivity index is 3.64. The van der Waals surface area contributed by atoms with Crippen LogP contribution in [0.15, 0.2) is 0 Å². The number of hydrogen-bond donors (Lipinski definition) is 1. The van der Waals surface area contributed by atoms with E-state index >= 15 is 0 Å². The summed E-state index contributed by atoms with van der Waals surface area (Å²) < 4.78 is 38.5. The molecular weight excluding hydrogens is 149 g/mol. The Morgan fingerprint density at radius 2 is 2.10 bits per heavy atom. The molecule has 5 heteroatoms. The Labute approximate surface area is 56.6 Å². The van der Waals surface area contributed by atoms with Crippen LogP contribution < -0.4 is 0 Å². The number of aliphatic hydroxyl groups is 1. The second-order valence-corrected chi connectivity index (χ2v) is 1.75. The predicted molar refractivity (Wildman–Crippen MR) is 28.3 cm³/mol. The molecule has 1 N–H and O–H groups in total. The average Bonchev–Trinajstić information content (AvgIpc) is 1.87. The van der Waals surface area contributed by atoms with Gasteiger partial charge in [0.15, 0.2) is 13.0 Å². The van der Waals surface area contributed by atoms with E-state index in [2.05, 4.69) is 4.74 Å². The van der Waals surface area contributed by atoms with Crippen molar-refractivity contribution < 1.29 is 23.0 Å². The van der Waals surface area contributed by atoms with Gasteiger partial charge >= 0.3 is 6.11 Å². The van der Waals surface area contributed by atoms with Crippen LogP contribution in [0.5, 0.6) is 0 Å². The summed E-state index contributed by atoms with van der Waals surface area (Å²) >= 11 is 0. The number of hydrogen-bond acceptors (Lipinski definition) is 2. The third-order valence-electron chi connectivity index (χ3n) is 0.813. The van der Waals surface area contributed by atoms with E-state index in [4.69, 9.17) is 5.11 Å². The molecule has 0 bridgehead atoms. The van der Waals surface area contributed by atoms with Gasteiger partial charge in [-0.3, -0.25) is 4.74 Å². The summed E-state index contributed by atoms with van der Waals surface area (Å²) in [4.78, 5) is 0. The molecule has 0 amide bonds. The number of aliphatic hydroxyl groups excluding tert-OH is 1. The lowest BCUT2D eigenvalue weighted by atomic mass is 10.5. The van der Waals surface area contributed by atoms with Gasteiger partial charge in [0.2, 0.25) is 0 Å². The van der Waals surface area contributed by atoms with Gasteiger partial charge in [0.05, 0.1) is 0 Å². The van der Waals surface area contributed by atoms with Crippen molar-refractivity contribution in [2.24, 2.45) is 0 Å². The molecule has 0 saturated heterocycles. The lowest BCUT2D eigenvalue weighted by molar-refractivity contribution is -0.310. The summed E-state index contributed by atoms with van der Waals surface area (Å²) in [7, 11) is 0. The van der Waals surface area contributed by atoms with Gasteiger partial charge in [-0.1, -0.05) is 6.92 Å². The number of halogens is 3. The van der Waals surface area contributed by atoms with E-state index in [9.17, 15) is 13.2 Å². The Morgan fingerprint density at radius 3 is 2.40 bits per heavy atom. The van der Waals surface area contributed by atoms with Crippen molar-refractivity contribution in [3.8, 4) is 0 Å². The lowest BCUT2D eigenvalue weighted by Gasteiger charge is -2.16. The predicted octanol–water partition coefficient (Wildman–Crippen LogP) is 1.29. The van der Waals surface area contributed by atoms with Crippen LogP contribution in [0, 0.1) is 0 Å². The molecule has 2 nitrogen and oxygen atoms in total. The van der Waals surface area contributed by atoms with Gasteiger partial charge in [-0.05, 0) is 6.42 Å². The van der Waals surface area contributed by atoms with E-state index in [1.807, 2.05) is 0 Å². The zero-order chi connectivity index (χ0) is 8.20. The summed E-state index contributed by atoms with van der Waals surface area (Å²) in [5.74, 6) is 0. The maximum Gasteiger partial charge on any atom is 0.386 e. The summed E-state index contributed by atoms with van der Waals surface area (Å²) in [6, 6.07) is 0. The standard InChI is InChI=1S/C5H9F3O2/c1-2-4(9)10-5(7,8)3-6/h4,9H,2-3H2,1H3. The van der Waals surface area contributed by atoms with Crippen LogP contribution in [0.4, 0.5) is 13.2 Å². The van der Waals surface area contributed by atoms with Crippen molar-refractivity contribution in [3.05, 3.63) is 0 Å². The minimum atomic E-state index is -3.85. The average molecular weight is 158 g/mol.